The highest BCUT2D eigenvalue weighted by Crippen LogP contribution is 2.19. The Morgan fingerprint density at radius 2 is 1.71 bits per heavy atom. The molecule has 1 saturated carbocycles. The minimum atomic E-state index is 0.309. The fourth-order valence-electron chi connectivity index (χ4n) is 3.69. The molecular formula is C17H33N3O. The average molecular weight is 295 g/mol. The van der Waals surface area contributed by atoms with Gasteiger partial charge >= 0.3 is 0 Å². The minimum Gasteiger partial charge on any atom is -0.342 e. The van der Waals surface area contributed by atoms with Crippen LogP contribution < -0.4 is 5.32 Å². The van der Waals surface area contributed by atoms with E-state index in [-0.39, 0.29) is 0 Å². The first-order valence-corrected chi connectivity index (χ1v) is 8.96. The molecule has 2 fully saturated rings. The molecule has 1 saturated heterocycles. The highest BCUT2D eigenvalue weighted by atomic mass is 16.2. The van der Waals surface area contributed by atoms with Crippen LogP contribution in [0.4, 0.5) is 0 Å². The molecule has 21 heavy (non-hydrogen) atoms. The summed E-state index contributed by atoms with van der Waals surface area (Å²) >= 11 is 0. The molecule has 0 aromatic rings. The van der Waals surface area contributed by atoms with E-state index in [1.54, 1.807) is 0 Å². The molecule has 0 bridgehead atoms. The van der Waals surface area contributed by atoms with Gasteiger partial charge in [0.1, 0.15) is 0 Å². The first-order valence-electron chi connectivity index (χ1n) is 8.96. The molecule has 0 aromatic heterocycles. The number of amides is 1. The zero-order chi connectivity index (χ0) is 15.1. The zero-order valence-corrected chi connectivity index (χ0v) is 13.9. The first-order chi connectivity index (χ1) is 10.2. The number of rotatable bonds is 7. The van der Waals surface area contributed by atoms with Crippen LogP contribution in [-0.4, -0.2) is 61.0 Å². The second-order valence-electron chi connectivity index (χ2n) is 6.67. The minimum absolute atomic E-state index is 0.309. The number of nitrogens with one attached hydrogen (secondary N) is 1. The Morgan fingerprint density at radius 3 is 2.29 bits per heavy atom. The number of hydrogen-bond acceptors (Lipinski definition) is 3. The van der Waals surface area contributed by atoms with Gasteiger partial charge in [0.15, 0.2) is 0 Å². The normalized spacial score (nSPS) is 21.4. The summed E-state index contributed by atoms with van der Waals surface area (Å²) in [5.41, 5.74) is 0. The zero-order valence-electron chi connectivity index (χ0n) is 13.9. The van der Waals surface area contributed by atoms with Gasteiger partial charge in [-0.2, -0.15) is 0 Å². The Balaban J connectivity index is 1.64. The smallest absolute Gasteiger partial charge is 0.236 e. The lowest BCUT2D eigenvalue weighted by Crippen LogP contribution is -2.46. The van der Waals surface area contributed by atoms with Crippen molar-refractivity contribution in [3.63, 3.8) is 0 Å². The largest absolute Gasteiger partial charge is 0.342 e. The molecule has 0 unspecified atom stereocenters. The van der Waals surface area contributed by atoms with Crippen LogP contribution in [0.15, 0.2) is 0 Å². The van der Waals surface area contributed by atoms with Crippen molar-refractivity contribution < 1.29 is 4.79 Å². The van der Waals surface area contributed by atoms with Crippen molar-refractivity contribution in [2.45, 2.75) is 58.4 Å². The van der Waals surface area contributed by atoms with Crippen LogP contribution in [0, 0.1) is 5.92 Å². The van der Waals surface area contributed by atoms with Crippen LogP contribution in [0.3, 0.4) is 0 Å². The molecular weight excluding hydrogens is 262 g/mol. The van der Waals surface area contributed by atoms with E-state index >= 15 is 0 Å². The average Bonchev–Trinajstić information content (AvgIpc) is 3.04. The van der Waals surface area contributed by atoms with Gasteiger partial charge in [-0.05, 0) is 44.7 Å². The summed E-state index contributed by atoms with van der Waals surface area (Å²) in [6, 6.07) is 0.592. The van der Waals surface area contributed by atoms with Gasteiger partial charge in [-0.15, -0.1) is 0 Å². The molecule has 0 spiro atoms. The molecule has 1 aliphatic carbocycles. The first kappa shape index (κ1) is 16.8. The molecule has 122 valence electrons. The Morgan fingerprint density at radius 1 is 1.10 bits per heavy atom. The lowest BCUT2D eigenvalue weighted by Gasteiger charge is -2.34. The van der Waals surface area contributed by atoms with Crippen molar-refractivity contribution in [2.75, 3.05) is 39.3 Å². The Kier molecular flexibility index (Phi) is 6.97. The van der Waals surface area contributed by atoms with Gasteiger partial charge in [-0.25, -0.2) is 0 Å². The summed E-state index contributed by atoms with van der Waals surface area (Å²) in [6.07, 6.45) is 7.49. The third kappa shape index (κ3) is 5.26. The van der Waals surface area contributed by atoms with Gasteiger partial charge in [-0.3, -0.25) is 4.79 Å². The van der Waals surface area contributed by atoms with Crippen molar-refractivity contribution >= 4 is 5.91 Å². The fourth-order valence-corrected chi connectivity index (χ4v) is 3.69. The maximum atomic E-state index is 12.2. The van der Waals surface area contributed by atoms with Gasteiger partial charge in [0.2, 0.25) is 5.91 Å². The lowest BCUT2D eigenvalue weighted by atomic mass is 9.96. The van der Waals surface area contributed by atoms with Crippen LogP contribution in [-0.2, 0) is 4.79 Å². The van der Waals surface area contributed by atoms with E-state index in [2.05, 4.69) is 29.0 Å². The number of likely N-dealkylation sites (tertiary alicyclic amines) is 1. The van der Waals surface area contributed by atoms with Crippen molar-refractivity contribution in [2.24, 2.45) is 5.92 Å². The van der Waals surface area contributed by atoms with Gasteiger partial charge < -0.3 is 15.1 Å². The SMILES string of the molecule is CCN(CC)CC1CCN(C(=O)CNC2CCCC2)CC1. The topological polar surface area (TPSA) is 35.6 Å². The summed E-state index contributed by atoms with van der Waals surface area (Å²) in [5.74, 6) is 1.08. The van der Waals surface area contributed by atoms with Crippen molar-refractivity contribution in [1.82, 2.24) is 15.1 Å². The predicted molar refractivity (Wildman–Crippen MR) is 87.4 cm³/mol. The van der Waals surface area contributed by atoms with Crippen molar-refractivity contribution in [3.8, 4) is 0 Å². The standard InChI is InChI=1S/C17H33N3O/c1-3-19(4-2)14-15-9-11-20(12-10-15)17(21)13-18-16-7-5-6-8-16/h15-16,18H,3-14H2,1-2H3. The van der Waals surface area contributed by atoms with E-state index < -0.39 is 0 Å². The van der Waals surface area contributed by atoms with E-state index in [4.69, 9.17) is 0 Å². The maximum Gasteiger partial charge on any atom is 0.236 e. The summed E-state index contributed by atoms with van der Waals surface area (Å²) in [6.45, 7) is 10.4. The van der Waals surface area contributed by atoms with Gasteiger partial charge in [0.05, 0.1) is 6.54 Å². The van der Waals surface area contributed by atoms with Crippen LogP contribution in [0.25, 0.3) is 0 Å². The molecule has 0 aromatic carbocycles. The van der Waals surface area contributed by atoms with Crippen molar-refractivity contribution in [1.29, 1.82) is 0 Å². The molecule has 1 amide bonds. The van der Waals surface area contributed by atoms with E-state index in [9.17, 15) is 4.79 Å². The number of piperidine rings is 1. The second kappa shape index (κ2) is 8.74. The molecule has 0 atom stereocenters. The molecule has 1 N–H and O–H groups in total. The second-order valence-corrected chi connectivity index (χ2v) is 6.67. The number of carbonyl (C=O) groups is 1. The quantitative estimate of drug-likeness (QED) is 0.781. The van der Waals surface area contributed by atoms with Crippen LogP contribution in [0.5, 0.6) is 0 Å². The summed E-state index contributed by atoms with van der Waals surface area (Å²) < 4.78 is 0. The highest BCUT2D eigenvalue weighted by molar-refractivity contribution is 5.78. The maximum absolute atomic E-state index is 12.2. The Bertz CT molecular complexity index is 303. The third-order valence-electron chi connectivity index (χ3n) is 5.28. The summed E-state index contributed by atoms with van der Waals surface area (Å²) in [7, 11) is 0. The molecule has 1 aliphatic heterocycles. The van der Waals surface area contributed by atoms with Gasteiger partial charge in [0.25, 0.3) is 0 Å². The van der Waals surface area contributed by atoms with Crippen molar-refractivity contribution in [3.05, 3.63) is 0 Å². The number of nitrogens with zero attached hydrogens (tertiary/aromatic N) is 2. The molecule has 1 heterocycles. The fraction of sp³-hybridized carbons (Fsp3) is 0.941. The Hall–Kier alpha value is -0.610. The van der Waals surface area contributed by atoms with Gasteiger partial charge in [-0.1, -0.05) is 26.7 Å². The van der Waals surface area contributed by atoms with E-state index in [0.717, 1.165) is 32.1 Å². The highest BCUT2D eigenvalue weighted by Gasteiger charge is 2.24. The number of carbonyl (C=O) groups excluding carboxylic acids is 1. The van der Waals surface area contributed by atoms with Crippen LogP contribution in [0.1, 0.15) is 52.4 Å². The number of hydrogen-bond donors (Lipinski definition) is 1. The Labute approximate surface area is 130 Å². The molecule has 2 aliphatic rings. The van der Waals surface area contributed by atoms with Crippen LogP contribution >= 0.6 is 0 Å². The van der Waals surface area contributed by atoms with E-state index in [1.807, 2.05) is 0 Å². The molecule has 4 heteroatoms. The molecule has 0 radical (unpaired) electrons. The predicted octanol–water partition coefficient (Wildman–Crippen LogP) is 2.10. The molecule has 2 rings (SSSR count). The lowest BCUT2D eigenvalue weighted by molar-refractivity contribution is -0.131. The van der Waals surface area contributed by atoms with E-state index in [0.29, 0.717) is 18.5 Å². The summed E-state index contributed by atoms with van der Waals surface area (Å²) in [5, 5.41) is 3.44. The van der Waals surface area contributed by atoms with Gasteiger partial charge in [0, 0.05) is 25.7 Å². The summed E-state index contributed by atoms with van der Waals surface area (Å²) in [4.78, 5) is 16.8. The van der Waals surface area contributed by atoms with E-state index in [1.165, 1.54) is 45.1 Å². The molecule has 4 nitrogen and oxygen atoms in total. The monoisotopic (exact) mass is 295 g/mol. The van der Waals surface area contributed by atoms with Crippen LogP contribution in [0.2, 0.25) is 0 Å². The third-order valence-corrected chi connectivity index (χ3v) is 5.28.